The Bertz CT molecular complexity index is 503. The van der Waals surface area contributed by atoms with Gasteiger partial charge in [0, 0.05) is 0 Å². The van der Waals surface area contributed by atoms with Crippen molar-refractivity contribution in [1.29, 1.82) is 0 Å². The van der Waals surface area contributed by atoms with E-state index in [0.29, 0.717) is 0 Å². The maximum atomic E-state index is 11.0. The predicted octanol–water partition coefficient (Wildman–Crippen LogP) is 1.41. The van der Waals surface area contributed by atoms with E-state index in [2.05, 4.69) is 20.3 Å². The van der Waals surface area contributed by atoms with Crippen molar-refractivity contribution >= 4 is 57.3 Å². The number of anilines is 1. The van der Waals surface area contributed by atoms with E-state index in [1.165, 1.54) is 7.11 Å². The van der Waals surface area contributed by atoms with E-state index < -0.39 is 17.6 Å². The highest BCUT2D eigenvalue weighted by atomic mass is 35.5. The molecule has 0 aromatic carbocycles. The fourth-order valence-electron chi connectivity index (χ4n) is 0.929. The van der Waals surface area contributed by atoms with Gasteiger partial charge < -0.3 is 15.3 Å². The highest BCUT2D eigenvalue weighted by molar-refractivity contribution is 7.20. The molecule has 0 aliphatic rings. The zero-order valence-electron chi connectivity index (χ0n) is 8.94. The number of carbonyl (C=O) groups is 2. The van der Waals surface area contributed by atoms with E-state index in [9.17, 15) is 9.59 Å². The van der Waals surface area contributed by atoms with Crippen LogP contribution in [-0.4, -0.2) is 40.7 Å². The van der Waals surface area contributed by atoms with Crippen molar-refractivity contribution < 1.29 is 19.5 Å². The SMILES string of the molecule is CO/N=C(/C(=O)O)c1nc(NC(=O)CCl)sc1Cl. The molecule has 0 fully saturated rings. The van der Waals surface area contributed by atoms with Gasteiger partial charge >= 0.3 is 5.97 Å². The zero-order valence-corrected chi connectivity index (χ0v) is 11.3. The summed E-state index contributed by atoms with van der Waals surface area (Å²) in [4.78, 5) is 30.2. The number of carboxylic acids is 1. The molecule has 1 amide bonds. The number of oxime groups is 1. The third kappa shape index (κ3) is 3.56. The number of thiazole rings is 1. The normalized spacial score (nSPS) is 11.2. The van der Waals surface area contributed by atoms with Gasteiger partial charge in [-0.15, -0.1) is 11.6 Å². The average molecular weight is 312 g/mol. The van der Waals surface area contributed by atoms with Crippen molar-refractivity contribution in [3.05, 3.63) is 10.0 Å². The van der Waals surface area contributed by atoms with E-state index >= 15 is 0 Å². The van der Waals surface area contributed by atoms with Gasteiger partial charge in [0.15, 0.2) is 5.13 Å². The summed E-state index contributed by atoms with van der Waals surface area (Å²) in [6.45, 7) is 0. The molecule has 0 radical (unpaired) electrons. The minimum absolute atomic E-state index is 0.0677. The molecule has 0 spiro atoms. The number of alkyl halides is 1. The highest BCUT2D eigenvalue weighted by Gasteiger charge is 2.22. The second-order valence-electron chi connectivity index (χ2n) is 2.75. The van der Waals surface area contributed by atoms with Crippen molar-refractivity contribution in [2.24, 2.45) is 5.16 Å². The molecule has 1 aromatic heterocycles. The summed E-state index contributed by atoms with van der Waals surface area (Å²) >= 11 is 12.0. The van der Waals surface area contributed by atoms with Crippen LogP contribution in [0.5, 0.6) is 0 Å². The van der Waals surface area contributed by atoms with Crippen LogP contribution in [0.4, 0.5) is 5.13 Å². The number of hydrogen-bond donors (Lipinski definition) is 2. The summed E-state index contributed by atoms with van der Waals surface area (Å²) in [6, 6.07) is 0. The fraction of sp³-hybridized carbons (Fsp3) is 0.250. The van der Waals surface area contributed by atoms with E-state index in [-0.39, 0.29) is 21.0 Å². The molecule has 1 rings (SSSR count). The maximum Gasteiger partial charge on any atom is 0.360 e. The summed E-state index contributed by atoms with van der Waals surface area (Å²) in [6.07, 6.45) is 0. The third-order valence-corrected chi connectivity index (χ3v) is 2.98. The molecular formula is C8H7Cl2N3O4S. The van der Waals surface area contributed by atoms with Crippen LogP contribution in [0.15, 0.2) is 5.16 Å². The summed E-state index contributed by atoms with van der Waals surface area (Å²) in [5.41, 5.74) is -0.536. The highest BCUT2D eigenvalue weighted by Crippen LogP contribution is 2.28. The lowest BCUT2D eigenvalue weighted by molar-refractivity contribution is -0.129. The monoisotopic (exact) mass is 311 g/mol. The molecule has 98 valence electrons. The zero-order chi connectivity index (χ0) is 13.7. The van der Waals surface area contributed by atoms with Crippen LogP contribution in [0.3, 0.4) is 0 Å². The Kier molecular flexibility index (Phi) is 5.32. The molecule has 1 aromatic rings. The second kappa shape index (κ2) is 6.53. The first-order valence-corrected chi connectivity index (χ1v) is 6.09. The van der Waals surface area contributed by atoms with Crippen molar-refractivity contribution in [2.75, 3.05) is 18.3 Å². The summed E-state index contributed by atoms with van der Waals surface area (Å²) < 4.78 is 0.0677. The lowest BCUT2D eigenvalue weighted by atomic mass is 10.3. The van der Waals surface area contributed by atoms with Crippen LogP contribution in [0, 0.1) is 0 Å². The number of carbonyl (C=O) groups excluding carboxylic acids is 1. The van der Waals surface area contributed by atoms with Crippen LogP contribution in [0.2, 0.25) is 4.34 Å². The first kappa shape index (κ1) is 14.7. The van der Waals surface area contributed by atoms with Crippen LogP contribution >= 0.6 is 34.5 Å². The minimum Gasteiger partial charge on any atom is -0.476 e. The van der Waals surface area contributed by atoms with Gasteiger partial charge in [-0.25, -0.2) is 9.78 Å². The number of aliphatic carboxylic acids is 1. The van der Waals surface area contributed by atoms with Gasteiger partial charge in [0.25, 0.3) is 0 Å². The van der Waals surface area contributed by atoms with Crippen molar-refractivity contribution in [3.63, 3.8) is 0 Å². The molecule has 2 N–H and O–H groups in total. The van der Waals surface area contributed by atoms with Crippen LogP contribution in [0.1, 0.15) is 5.69 Å². The van der Waals surface area contributed by atoms with Gasteiger partial charge in [0.05, 0.1) is 0 Å². The molecule has 0 atom stereocenters. The number of nitrogens with zero attached hydrogens (tertiary/aromatic N) is 2. The second-order valence-corrected chi connectivity index (χ2v) is 4.62. The topological polar surface area (TPSA) is 101 Å². The van der Waals surface area contributed by atoms with Crippen LogP contribution < -0.4 is 5.32 Å². The molecular weight excluding hydrogens is 305 g/mol. The van der Waals surface area contributed by atoms with Gasteiger partial charge in [-0.2, -0.15) is 0 Å². The number of aromatic nitrogens is 1. The molecule has 0 bridgehead atoms. The third-order valence-electron chi connectivity index (χ3n) is 1.56. The van der Waals surface area contributed by atoms with Gasteiger partial charge in [-0.05, 0) is 0 Å². The van der Waals surface area contributed by atoms with E-state index in [4.69, 9.17) is 28.3 Å². The molecule has 0 saturated heterocycles. The fourth-order valence-corrected chi connectivity index (χ4v) is 2.06. The Morgan fingerprint density at radius 2 is 2.28 bits per heavy atom. The smallest absolute Gasteiger partial charge is 0.360 e. The van der Waals surface area contributed by atoms with Gasteiger partial charge in [-0.1, -0.05) is 28.1 Å². The number of nitrogens with one attached hydrogen (secondary N) is 1. The Hall–Kier alpha value is -1.38. The summed E-state index contributed by atoms with van der Waals surface area (Å²) in [5.74, 6) is -2.07. The summed E-state index contributed by atoms with van der Waals surface area (Å²) in [7, 11) is 1.19. The molecule has 0 aliphatic carbocycles. The molecule has 7 nitrogen and oxygen atoms in total. The number of amides is 1. The predicted molar refractivity (Wildman–Crippen MR) is 67.7 cm³/mol. The first-order chi connectivity index (χ1) is 8.49. The van der Waals surface area contributed by atoms with Crippen LogP contribution in [-0.2, 0) is 14.4 Å². The van der Waals surface area contributed by atoms with Crippen molar-refractivity contribution in [3.8, 4) is 0 Å². The van der Waals surface area contributed by atoms with E-state index in [1.807, 2.05) is 0 Å². The van der Waals surface area contributed by atoms with Gasteiger partial charge in [0.2, 0.25) is 11.6 Å². The maximum absolute atomic E-state index is 11.0. The largest absolute Gasteiger partial charge is 0.476 e. The Morgan fingerprint density at radius 1 is 1.61 bits per heavy atom. The number of rotatable bonds is 5. The van der Waals surface area contributed by atoms with Crippen molar-refractivity contribution in [2.45, 2.75) is 0 Å². The number of carboxylic acid groups (broad SMARTS) is 1. The molecule has 10 heteroatoms. The standard InChI is InChI=1S/C8H7Cl2N3O4S/c1-17-13-5(7(15)16)4-6(10)18-8(12-4)11-3(14)2-9/h2H2,1H3,(H,15,16)(H,11,12,14)/b13-5+. The molecule has 18 heavy (non-hydrogen) atoms. The van der Waals surface area contributed by atoms with Crippen molar-refractivity contribution in [1.82, 2.24) is 4.98 Å². The Morgan fingerprint density at radius 3 is 2.78 bits per heavy atom. The summed E-state index contributed by atoms with van der Waals surface area (Å²) in [5, 5.41) is 14.7. The first-order valence-electron chi connectivity index (χ1n) is 4.36. The lowest BCUT2D eigenvalue weighted by Gasteiger charge is -1.97. The number of hydrogen-bond acceptors (Lipinski definition) is 6. The Balaban J connectivity index is 3.07. The molecule has 0 saturated carbocycles. The molecule has 0 unspecified atom stereocenters. The average Bonchev–Trinajstić information content (AvgIpc) is 2.66. The van der Waals surface area contributed by atoms with Gasteiger partial charge in [-0.3, -0.25) is 4.79 Å². The quantitative estimate of drug-likeness (QED) is 0.486. The minimum atomic E-state index is -1.35. The number of halogens is 2. The van der Waals surface area contributed by atoms with E-state index in [0.717, 1.165) is 11.3 Å². The Labute approximate surface area is 115 Å². The van der Waals surface area contributed by atoms with Gasteiger partial charge in [0.1, 0.15) is 23.0 Å². The molecule has 0 aliphatic heterocycles. The molecule has 1 heterocycles. The van der Waals surface area contributed by atoms with E-state index in [1.54, 1.807) is 0 Å². The van der Waals surface area contributed by atoms with Crippen LogP contribution in [0.25, 0.3) is 0 Å². The lowest BCUT2D eigenvalue weighted by Crippen LogP contribution is -2.16.